The van der Waals surface area contributed by atoms with E-state index < -0.39 is 11.7 Å². The van der Waals surface area contributed by atoms with Crippen molar-refractivity contribution in [1.82, 2.24) is 19.5 Å². The maximum Gasteiger partial charge on any atom is 0.416 e. The van der Waals surface area contributed by atoms with Crippen molar-refractivity contribution in [3.05, 3.63) is 64.8 Å². The molecule has 0 amide bonds. The fourth-order valence-electron chi connectivity index (χ4n) is 2.83. The number of halogens is 3. The molecule has 0 bridgehead atoms. The molecule has 0 radical (unpaired) electrons. The summed E-state index contributed by atoms with van der Waals surface area (Å²) in [5.74, 6) is -0.299. The van der Waals surface area contributed by atoms with Crippen molar-refractivity contribution in [2.75, 3.05) is 0 Å². The van der Waals surface area contributed by atoms with E-state index in [0.29, 0.717) is 22.6 Å². The number of fused-ring (bicyclic) bond motifs is 1. The molecule has 3 heterocycles. The SMILES string of the molecule is Cc1cn(-c2cc(CC(=O)c3cc4ncsc4[nH]3)cc(C(F)(F)F)c2)cn1. The molecule has 4 aromatic rings. The molecule has 0 atom stereocenters. The van der Waals surface area contributed by atoms with Crippen molar-refractivity contribution in [2.45, 2.75) is 19.5 Å². The molecule has 0 fully saturated rings. The molecule has 0 aliphatic rings. The molecule has 1 N–H and O–H groups in total. The van der Waals surface area contributed by atoms with Crippen LogP contribution in [0.4, 0.5) is 13.2 Å². The predicted molar refractivity (Wildman–Crippen MR) is 95.3 cm³/mol. The largest absolute Gasteiger partial charge is 0.416 e. The standard InChI is InChI=1S/C18H13F3N4OS/c1-10-7-25(8-22-10)13-3-11(2-12(5-13)18(19,20)21)4-16(26)14-6-15-17(24-14)27-9-23-15/h2-3,5-9,24H,4H2,1H3. The van der Waals surface area contributed by atoms with Gasteiger partial charge in [-0.3, -0.25) is 4.79 Å². The van der Waals surface area contributed by atoms with Crippen LogP contribution >= 0.6 is 11.3 Å². The van der Waals surface area contributed by atoms with E-state index in [1.807, 2.05) is 0 Å². The van der Waals surface area contributed by atoms with E-state index in [1.165, 1.54) is 22.2 Å². The number of aromatic nitrogens is 4. The average Bonchev–Trinajstić information content (AvgIpc) is 3.29. The first-order chi connectivity index (χ1) is 12.8. The summed E-state index contributed by atoms with van der Waals surface area (Å²) in [6.45, 7) is 1.75. The molecule has 5 nitrogen and oxygen atoms in total. The number of ketones is 1. The first-order valence-electron chi connectivity index (χ1n) is 7.97. The van der Waals surface area contributed by atoms with E-state index in [2.05, 4.69) is 15.0 Å². The number of hydrogen-bond donors (Lipinski definition) is 1. The number of H-pyrrole nitrogens is 1. The molecule has 3 aromatic heterocycles. The van der Waals surface area contributed by atoms with E-state index >= 15 is 0 Å². The summed E-state index contributed by atoms with van der Waals surface area (Å²) in [5.41, 5.74) is 3.13. The number of imidazole rings is 1. The summed E-state index contributed by atoms with van der Waals surface area (Å²) >= 11 is 1.36. The number of nitrogens with one attached hydrogen (secondary N) is 1. The van der Waals surface area contributed by atoms with Crippen LogP contribution in [-0.2, 0) is 12.6 Å². The first-order valence-corrected chi connectivity index (χ1v) is 8.85. The Morgan fingerprint density at radius 2 is 2.04 bits per heavy atom. The topological polar surface area (TPSA) is 63.6 Å². The molecule has 0 aliphatic heterocycles. The lowest BCUT2D eigenvalue weighted by molar-refractivity contribution is -0.137. The smallest absolute Gasteiger partial charge is 0.342 e. The number of alkyl halides is 3. The zero-order chi connectivity index (χ0) is 19.2. The summed E-state index contributed by atoms with van der Waals surface area (Å²) < 4.78 is 41.4. The summed E-state index contributed by atoms with van der Waals surface area (Å²) in [7, 11) is 0. The van der Waals surface area contributed by atoms with Crippen LogP contribution in [0.15, 0.2) is 42.3 Å². The van der Waals surface area contributed by atoms with E-state index in [0.717, 1.165) is 17.0 Å². The molecule has 1 aromatic carbocycles. The number of Topliss-reactive ketones (excluding diaryl/α,β-unsaturated/α-hetero) is 1. The quantitative estimate of drug-likeness (QED) is 0.520. The lowest BCUT2D eigenvalue weighted by Gasteiger charge is -2.12. The number of aromatic amines is 1. The third kappa shape index (κ3) is 3.50. The fraction of sp³-hybridized carbons (Fsp3) is 0.167. The van der Waals surface area contributed by atoms with Gasteiger partial charge in [0.2, 0.25) is 0 Å². The number of thiazole rings is 1. The van der Waals surface area contributed by atoms with Gasteiger partial charge in [-0.1, -0.05) is 0 Å². The second-order valence-corrected chi connectivity index (χ2v) is 7.01. The van der Waals surface area contributed by atoms with Gasteiger partial charge in [0.05, 0.1) is 28.8 Å². The van der Waals surface area contributed by atoms with Crippen LogP contribution < -0.4 is 0 Å². The van der Waals surface area contributed by atoms with Gasteiger partial charge < -0.3 is 9.55 Å². The molecule has 27 heavy (non-hydrogen) atoms. The van der Waals surface area contributed by atoms with Crippen molar-refractivity contribution in [3.63, 3.8) is 0 Å². The Kier molecular flexibility index (Phi) is 4.11. The van der Waals surface area contributed by atoms with Crippen LogP contribution in [0.1, 0.15) is 27.3 Å². The number of aryl methyl sites for hydroxylation is 1. The number of benzene rings is 1. The van der Waals surface area contributed by atoms with Gasteiger partial charge in [0, 0.05) is 18.3 Å². The van der Waals surface area contributed by atoms with E-state index in [1.54, 1.807) is 30.8 Å². The van der Waals surface area contributed by atoms with Gasteiger partial charge >= 0.3 is 6.18 Å². The summed E-state index contributed by atoms with van der Waals surface area (Å²) in [6, 6.07) is 5.23. The molecule has 4 rings (SSSR count). The Morgan fingerprint density at radius 1 is 1.22 bits per heavy atom. The number of nitrogens with zero attached hydrogens (tertiary/aromatic N) is 3. The molecule has 0 saturated carbocycles. The minimum absolute atomic E-state index is 0.154. The van der Waals surface area contributed by atoms with E-state index in [9.17, 15) is 18.0 Å². The molecule has 138 valence electrons. The number of rotatable bonds is 4. The lowest BCUT2D eigenvalue weighted by Crippen LogP contribution is -2.10. The van der Waals surface area contributed by atoms with Gasteiger partial charge in [-0.15, -0.1) is 11.3 Å². The van der Waals surface area contributed by atoms with Gasteiger partial charge in [-0.25, -0.2) is 9.97 Å². The third-order valence-electron chi connectivity index (χ3n) is 4.10. The minimum atomic E-state index is -4.51. The summed E-state index contributed by atoms with van der Waals surface area (Å²) in [4.78, 5) is 24.4. The maximum absolute atomic E-state index is 13.3. The van der Waals surface area contributed by atoms with Crippen LogP contribution in [0.25, 0.3) is 16.0 Å². The highest BCUT2D eigenvalue weighted by atomic mass is 32.1. The van der Waals surface area contributed by atoms with Gasteiger partial charge in [-0.05, 0) is 36.8 Å². The van der Waals surface area contributed by atoms with Crippen LogP contribution in [0.3, 0.4) is 0 Å². The first kappa shape index (κ1) is 17.5. The monoisotopic (exact) mass is 390 g/mol. The minimum Gasteiger partial charge on any atom is -0.342 e. The highest BCUT2D eigenvalue weighted by molar-refractivity contribution is 7.16. The van der Waals surface area contributed by atoms with Gasteiger partial charge in [-0.2, -0.15) is 13.2 Å². The number of carbonyl (C=O) groups is 1. The van der Waals surface area contributed by atoms with Crippen LogP contribution in [-0.4, -0.2) is 25.3 Å². The molecule has 0 unspecified atom stereocenters. The molecule has 0 spiro atoms. The van der Waals surface area contributed by atoms with Crippen molar-refractivity contribution in [1.29, 1.82) is 0 Å². The second-order valence-electron chi connectivity index (χ2n) is 6.16. The average molecular weight is 390 g/mol. The Hall–Kier alpha value is -2.94. The molecular weight excluding hydrogens is 377 g/mol. The van der Waals surface area contributed by atoms with Crippen molar-refractivity contribution < 1.29 is 18.0 Å². The second kappa shape index (κ2) is 6.34. The van der Waals surface area contributed by atoms with Crippen LogP contribution in [0, 0.1) is 6.92 Å². The van der Waals surface area contributed by atoms with Crippen molar-refractivity contribution >= 4 is 27.5 Å². The zero-order valence-corrected chi connectivity index (χ0v) is 14.9. The molecule has 0 saturated heterocycles. The van der Waals surface area contributed by atoms with Crippen LogP contribution in [0.5, 0.6) is 0 Å². The third-order valence-corrected chi connectivity index (χ3v) is 4.86. The zero-order valence-electron chi connectivity index (χ0n) is 14.0. The summed E-state index contributed by atoms with van der Waals surface area (Å²) in [5, 5.41) is 0. The maximum atomic E-state index is 13.3. The molecule has 0 aliphatic carbocycles. The highest BCUT2D eigenvalue weighted by Gasteiger charge is 2.31. The van der Waals surface area contributed by atoms with E-state index in [4.69, 9.17) is 0 Å². The Morgan fingerprint density at radius 3 is 2.70 bits per heavy atom. The van der Waals surface area contributed by atoms with Gasteiger partial charge in [0.15, 0.2) is 5.78 Å². The van der Waals surface area contributed by atoms with Crippen LogP contribution in [0.2, 0.25) is 0 Å². The van der Waals surface area contributed by atoms with E-state index in [-0.39, 0.29) is 17.8 Å². The Labute approximate surface area is 155 Å². The number of hydrogen-bond acceptors (Lipinski definition) is 4. The molecule has 9 heteroatoms. The van der Waals surface area contributed by atoms with Gasteiger partial charge in [0.1, 0.15) is 10.3 Å². The normalized spacial score (nSPS) is 12.0. The van der Waals surface area contributed by atoms with Crippen molar-refractivity contribution in [3.8, 4) is 5.69 Å². The Balaban J connectivity index is 1.70. The van der Waals surface area contributed by atoms with Crippen molar-refractivity contribution in [2.24, 2.45) is 0 Å². The highest BCUT2D eigenvalue weighted by Crippen LogP contribution is 2.32. The predicted octanol–water partition coefficient (Wildman–Crippen LogP) is 4.56. The summed E-state index contributed by atoms with van der Waals surface area (Å²) in [6.07, 6.45) is -1.59. The Bertz CT molecular complexity index is 1110. The molecular formula is C18H13F3N4OS. The van der Waals surface area contributed by atoms with Gasteiger partial charge in [0.25, 0.3) is 0 Å². The fourth-order valence-corrected chi connectivity index (χ4v) is 3.50. The lowest BCUT2D eigenvalue weighted by atomic mass is 10.0. The number of carbonyl (C=O) groups excluding carboxylic acids is 1.